The van der Waals surface area contributed by atoms with E-state index in [0.29, 0.717) is 11.5 Å². The Balaban J connectivity index is 1.54. The SMILES string of the molecule is Cc1ccc(OC2CC3(CCNCC3)C2)cc1. The minimum atomic E-state index is 0.454. The molecule has 1 aliphatic carbocycles. The van der Waals surface area contributed by atoms with E-state index in [9.17, 15) is 0 Å². The molecule has 17 heavy (non-hydrogen) atoms. The van der Waals surface area contributed by atoms with E-state index in [1.807, 2.05) is 0 Å². The summed E-state index contributed by atoms with van der Waals surface area (Å²) >= 11 is 0. The van der Waals surface area contributed by atoms with Crippen molar-refractivity contribution in [2.45, 2.75) is 38.7 Å². The van der Waals surface area contributed by atoms with Crippen LogP contribution in [0.15, 0.2) is 24.3 Å². The molecular weight excluding hydrogens is 210 g/mol. The third kappa shape index (κ3) is 2.32. The van der Waals surface area contributed by atoms with E-state index < -0.39 is 0 Å². The Hall–Kier alpha value is -1.02. The number of ether oxygens (including phenoxy) is 1. The van der Waals surface area contributed by atoms with Crippen LogP contribution in [0.3, 0.4) is 0 Å². The first-order chi connectivity index (χ1) is 8.26. The molecule has 2 aliphatic rings. The van der Waals surface area contributed by atoms with Crippen LogP contribution in [-0.2, 0) is 0 Å². The number of hydrogen-bond acceptors (Lipinski definition) is 2. The maximum atomic E-state index is 6.01. The normalized spacial score (nSPS) is 23.4. The molecule has 1 aliphatic heterocycles. The highest BCUT2D eigenvalue weighted by molar-refractivity contribution is 5.26. The molecule has 0 unspecified atom stereocenters. The van der Waals surface area contributed by atoms with Gasteiger partial charge >= 0.3 is 0 Å². The lowest BCUT2D eigenvalue weighted by atomic mass is 9.62. The van der Waals surface area contributed by atoms with Crippen molar-refractivity contribution in [1.82, 2.24) is 5.32 Å². The first-order valence-electron chi connectivity index (χ1n) is 6.70. The number of benzene rings is 1. The molecular formula is C15H21NO. The van der Waals surface area contributed by atoms with Crippen molar-refractivity contribution in [3.63, 3.8) is 0 Å². The quantitative estimate of drug-likeness (QED) is 0.845. The van der Waals surface area contributed by atoms with Gasteiger partial charge in [-0.2, -0.15) is 0 Å². The summed E-state index contributed by atoms with van der Waals surface area (Å²) in [5.74, 6) is 1.03. The standard InChI is InChI=1S/C15H21NO/c1-12-2-4-13(5-3-12)17-14-10-15(11-14)6-8-16-9-7-15/h2-5,14,16H,6-11H2,1H3. The topological polar surface area (TPSA) is 21.3 Å². The van der Waals surface area contributed by atoms with Crippen molar-refractivity contribution in [3.8, 4) is 5.75 Å². The number of aryl methyl sites for hydroxylation is 1. The minimum Gasteiger partial charge on any atom is -0.490 e. The Kier molecular flexibility index (Phi) is 2.83. The summed E-state index contributed by atoms with van der Waals surface area (Å²) in [5.41, 5.74) is 1.90. The van der Waals surface area contributed by atoms with Gasteiger partial charge < -0.3 is 10.1 Å². The van der Waals surface area contributed by atoms with Crippen LogP contribution in [0.4, 0.5) is 0 Å². The lowest BCUT2D eigenvalue weighted by Crippen LogP contribution is -2.49. The molecule has 0 amide bonds. The van der Waals surface area contributed by atoms with E-state index in [4.69, 9.17) is 4.74 Å². The van der Waals surface area contributed by atoms with E-state index in [1.54, 1.807) is 0 Å². The molecule has 0 radical (unpaired) electrons. The second kappa shape index (κ2) is 4.34. The summed E-state index contributed by atoms with van der Waals surface area (Å²) in [7, 11) is 0. The van der Waals surface area contributed by atoms with Gasteiger partial charge in [-0.3, -0.25) is 0 Å². The fourth-order valence-corrected chi connectivity index (χ4v) is 3.16. The molecule has 92 valence electrons. The maximum Gasteiger partial charge on any atom is 0.119 e. The molecule has 3 rings (SSSR count). The summed E-state index contributed by atoms with van der Waals surface area (Å²) < 4.78 is 6.01. The predicted octanol–water partition coefficient (Wildman–Crippen LogP) is 2.91. The van der Waals surface area contributed by atoms with Crippen molar-refractivity contribution < 1.29 is 4.74 Å². The zero-order valence-corrected chi connectivity index (χ0v) is 10.5. The van der Waals surface area contributed by atoms with Gasteiger partial charge in [-0.1, -0.05) is 17.7 Å². The molecule has 1 N–H and O–H groups in total. The van der Waals surface area contributed by atoms with Gasteiger partial charge in [0.1, 0.15) is 5.75 Å². The van der Waals surface area contributed by atoms with E-state index in [0.717, 1.165) is 5.75 Å². The molecule has 2 heteroatoms. The molecule has 0 atom stereocenters. The van der Waals surface area contributed by atoms with Crippen LogP contribution in [0, 0.1) is 12.3 Å². The summed E-state index contributed by atoms with van der Waals surface area (Å²) in [6, 6.07) is 8.41. The number of piperidine rings is 1. The molecule has 1 aromatic rings. The summed E-state index contributed by atoms with van der Waals surface area (Å²) in [5, 5.41) is 3.44. The zero-order valence-electron chi connectivity index (χ0n) is 10.5. The first-order valence-corrected chi connectivity index (χ1v) is 6.70. The van der Waals surface area contributed by atoms with Gasteiger partial charge in [0.05, 0.1) is 6.10 Å². The van der Waals surface area contributed by atoms with Crippen molar-refractivity contribution >= 4 is 0 Å². The number of hydrogen-bond donors (Lipinski definition) is 1. The zero-order chi connectivity index (χ0) is 11.7. The third-order valence-corrected chi connectivity index (χ3v) is 4.31. The highest BCUT2D eigenvalue weighted by Crippen LogP contribution is 2.49. The summed E-state index contributed by atoms with van der Waals surface area (Å²) in [6.07, 6.45) is 5.63. The lowest BCUT2D eigenvalue weighted by Gasteiger charge is -2.49. The minimum absolute atomic E-state index is 0.454. The fourth-order valence-electron chi connectivity index (χ4n) is 3.16. The molecule has 1 spiro atoms. The van der Waals surface area contributed by atoms with E-state index in [1.165, 1.54) is 44.3 Å². The molecule has 2 nitrogen and oxygen atoms in total. The van der Waals surface area contributed by atoms with Crippen LogP contribution in [0.25, 0.3) is 0 Å². The fraction of sp³-hybridized carbons (Fsp3) is 0.600. The highest BCUT2D eigenvalue weighted by Gasteiger charge is 2.45. The van der Waals surface area contributed by atoms with Gasteiger partial charge in [-0.05, 0) is 63.2 Å². The van der Waals surface area contributed by atoms with Gasteiger partial charge in [0.2, 0.25) is 0 Å². The molecule has 0 bridgehead atoms. The van der Waals surface area contributed by atoms with Crippen molar-refractivity contribution in [2.24, 2.45) is 5.41 Å². The largest absolute Gasteiger partial charge is 0.490 e. The second-order valence-corrected chi connectivity index (χ2v) is 5.71. The average molecular weight is 231 g/mol. The highest BCUT2D eigenvalue weighted by atomic mass is 16.5. The second-order valence-electron chi connectivity index (χ2n) is 5.71. The van der Waals surface area contributed by atoms with Crippen molar-refractivity contribution in [2.75, 3.05) is 13.1 Å². The smallest absolute Gasteiger partial charge is 0.119 e. The third-order valence-electron chi connectivity index (χ3n) is 4.31. The van der Waals surface area contributed by atoms with Crippen molar-refractivity contribution in [3.05, 3.63) is 29.8 Å². The molecule has 1 heterocycles. The number of rotatable bonds is 2. The Morgan fingerprint density at radius 3 is 2.41 bits per heavy atom. The molecule has 0 aromatic heterocycles. The van der Waals surface area contributed by atoms with Crippen LogP contribution in [-0.4, -0.2) is 19.2 Å². The van der Waals surface area contributed by atoms with Crippen molar-refractivity contribution in [1.29, 1.82) is 0 Å². The van der Waals surface area contributed by atoms with Crippen LogP contribution >= 0.6 is 0 Å². The predicted molar refractivity (Wildman–Crippen MR) is 69.4 cm³/mol. The van der Waals surface area contributed by atoms with Gasteiger partial charge in [0, 0.05) is 0 Å². The molecule has 1 aromatic carbocycles. The molecule has 2 fully saturated rings. The molecule has 1 saturated carbocycles. The average Bonchev–Trinajstić information content (AvgIpc) is 2.31. The Bertz CT molecular complexity index is 370. The van der Waals surface area contributed by atoms with Crippen LogP contribution in [0.1, 0.15) is 31.2 Å². The maximum absolute atomic E-state index is 6.01. The van der Waals surface area contributed by atoms with Gasteiger partial charge in [-0.15, -0.1) is 0 Å². The van der Waals surface area contributed by atoms with E-state index in [-0.39, 0.29) is 0 Å². The van der Waals surface area contributed by atoms with Gasteiger partial charge in [-0.25, -0.2) is 0 Å². The Labute approximate surface area is 103 Å². The lowest BCUT2D eigenvalue weighted by molar-refractivity contribution is -0.0347. The van der Waals surface area contributed by atoms with E-state index >= 15 is 0 Å². The molecule has 1 saturated heterocycles. The Morgan fingerprint density at radius 1 is 1.12 bits per heavy atom. The monoisotopic (exact) mass is 231 g/mol. The number of nitrogens with one attached hydrogen (secondary N) is 1. The van der Waals surface area contributed by atoms with Crippen LogP contribution in [0.2, 0.25) is 0 Å². The first kappa shape index (κ1) is 11.1. The Morgan fingerprint density at radius 2 is 1.76 bits per heavy atom. The van der Waals surface area contributed by atoms with Gasteiger partial charge in [0.15, 0.2) is 0 Å². The van der Waals surface area contributed by atoms with Crippen LogP contribution in [0.5, 0.6) is 5.75 Å². The van der Waals surface area contributed by atoms with E-state index in [2.05, 4.69) is 36.5 Å². The summed E-state index contributed by atoms with van der Waals surface area (Å²) in [4.78, 5) is 0. The van der Waals surface area contributed by atoms with Gasteiger partial charge in [0.25, 0.3) is 0 Å². The summed E-state index contributed by atoms with van der Waals surface area (Å²) in [6.45, 7) is 4.49. The van der Waals surface area contributed by atoms with Crippen LogP contribution < -0.4 is 10.1 Å².